The van der Waals surface area contributed by atoms with Crippen LogP contribution in [-0.2, 0) is 11.3 Å². The SMILES string of the molecule is CC(CN(C)C)OC(=O)c1cc2ccccc2n1Cc1ccccc1.Cl. The van der Waals surface area contributed by atoms with Gasteiger partial charge in [-0.15, -0.1) is 12.4 Å². The van der Waals surface area contributed by atoms with Crippen molar-refractivity contribution >= 4 is 29.3 Å². The molecule has 4 nitrogen and oxygen atoms in total. The Kier molecular flexibility index (Phi) is 6.83. The van der Waals surface area contributed by atoms with Gasteiger partial charge in [0, 0.05) is 24.0 Å². The standard InChI is InChI=1S/C21H24N2O2.ClH/c1-16(14-22(2)3)25-21(24)20-13-18-11-7-8-12-19(18)23(20)15-17-9-5-4-6-10-17;/h4-13,16H,14-15H2,1-3H3;1H. The minimum absolute atomic E-state index is 0. The Bertz CT molecular complexity index is 859. The van der Waals surface area contributed by atoms with Crippen LogP contribution in [0.2, 0.25) is 0 Å². The molecular weight excluding hydrogens is 348 g/mol. The molecule has 0 spiro atoms. The Morgan fingerprint density at radius 1 is 1.08 bits per heavy atom. The average molecular weight is 373 g/mol. The molecule has 0 amide bonds. The van der Waals surface area contributed by atoms with Gasteiger partial charge in [0.05, 0.1) is 0 Å². The highest BCUT2D eigenvalue weighted by Crippen LogP contribution is 2.22. The molecule has 0 radical (unpaired) electrons. The number of para-hydroxylation sites is 1. The van der Waals surface area contributed by atoms with Gasteiger partial charge in [-0.1, -0.05) is 48.5 Å². The lowest BCUT2D eigenvalue weighted by atomic mass is 10.2. The van der Waals surface area contributed by atoms with Gasteiger partial charge in [0.25, 0.3) is 0 Å². The van der Waals surface area contributed by atoms with Crippen LogP contribution in [0.3, 0.4) is 0 Å². The normalized spacial score (nSPS) is 12.0. The molecule has 1 atom stereocenters. The van der Waals surface area contributed by atoms with Gasteiger partial charge in [-0.3, -0.25) is 0 Å². The molecule has 0 saturated heterocycles. The fraction of sp³-hybridized carbons (Fsp3) is 0.286. The molecule has 5 heteroatoms. The zero-order valence-corrected chi connectivity index (χ0v) is 16.2. The average Bonchev–Trinajstić information content (AvgIpc) is 2.94. The molecular formula is C21H25ClN2O2. The number of carbonyl (C=O) groups excluding carboxylic acids is 1. The van der Waals surface area contributed by atoms with Gasteiger partial charge in [-0.25, -0.2) is 4.79 Å². The Labute approximate surface area is 160 Å². The molecule has 1 aromatic heterocycles. The van der Waals surface area contributed by atoms with Gasteiger partial charge in [0.15, 0.2) is 0 Å². The first-order valence-electron chi connectivity index (χ1n) is 8.52. The van der Waals surface area contributed by atoms with E-state index < -0.39 is 0 Å². The van der Waals surface area contributed by atoms with Crippen molar-refractivity contribution in [3.63, 3.8) is 0 Å². The summed E-state index contributed by atoms with van der Waals surface area (Å²) in [7, 11) is 3.94. The van der Waals surface area contributed by atoms with Crippen molar-refractivity contribution in [2.75, 3.05) is 20.6 Å². The topological polar surface area (TPSA) is 34.5 Å². The summed E-state index contributed by atoms with van der Waals surface area (Å²) in [6.45, 7) is 3.26. The number of esters is 1. The quantitative estimate of drug-likeness (QED) is 0.607. The highest BCUT2D eigenvalue weighted by atomic mass is 35.5. The van der Waals surface area contributed by atoms with E-state index in [0.29, 0.717) is 18.8 Å². The molecule has 26 heavy (non-hydrogen) atoms. The summed E-state index contributed by atoms with van der Waals surface area (Å²) >= 11 is 0. The van der Waals surface area contributed by atoms with E-state index in [1.54, 1.807) is 0 Å². The molecule has 0 bridgehead atoms. The number of aromatic nitrogens is 1. The van der Waals surface area contributed by atoms with E-state index in [9.17, 15) is 4.79 Å². The smallest absolute Gasteiger partial charge is 0.355 e. The summed E-state index contributed by atoms with van der Waals surface area (Å²) in [5.74, 6) is -0.276. The van der Waals surface area contributed by atoms with Crippen molar-refractivity contribution in [1.82, 2.24) is 9.47 Å². The van der Waals surface area contributed by atoms with Crippen molar-refractivity contribution < 1.29 is 9.53 Å². The number of hydrogen-bond donors (Lipinski definition) is 0. The molecule has 0 aliphatic carbocycles. The summed E-state index contributed by atoms with van der Waals surface area (Å²) in [5, 5.41) is 1.05. The van der Waals surface area contributed by atoms with Crippen LogP contribution in [0.4, 0.5) is 0 Å². The molecule has 1 heterocycles. The summed E-state index contributed by atoms with van der Waals surface area (Å²) < 4.78 is 7.69. The minimum atomic E-state index is -0.276. The third kappa shape index (κ3) is 4.65. The largest absolute Gasteiger partial charge is 0.457 e. The van der Waals surface area contributed by atoms with Crippen LogP contribution in [0.5, 0.6) is 0 Å². The Morgan fingerprint density at radius 3 is 2.42 bits per heavy atom. The number of hydrogen-bond acceptors (Lipinski definition) is 3. The van der Waals surface area contributed by atoms with Crippen LogP contribution in [0.25, 0.3) is 10.9 Å². The predicted molar refractivity (Wildman–Crippen MR) is 108 cm³/mol. The second-order valence-corrected chi connectivity index (χ2v) is 6.64. The summed E-state index contributed by atoms with van der Waals surface area (Å²) in [4.78, 5) is 14.8. The highest BCUT2D eigenvalue weighted by molar-refractivity contribution is 5.95. The lowest BCUT2D eigenvalue weighted by Crippen LogP contribution is -2.28. The lowest BCUT2D eigenvalue weighted by Gasteiger charge is -2.18. The Balaban J connectivity index is 0.00000243. The maximum absolute atomic E-state index is 12.8. The fourth-order valence-electron chi connectivity index (χ4n) is 3.11. The minimum Gasteiger partial charge on any atom is -0.457 e. The number of fused-ring (bicyclic) bond motifs is 1. The Hall–Kier alpha value is -2.30. The monoisotopic (exact) mass is 372 g/mol. The van der Waals surface area contributed by atoms with Gasteiger partial charge < -0.3 is 14.2 Å². The number of halogens is 1. The van der Waals surface area contributed by atoms with Crippen molar-refractivity contribution in [1.29, 1.82) is 0 Å². The van der Waals surface area contributed by atoms with Crippen molar-refractivity contribution in [2.45, 2.75) is 19.6 Å². The maximum Gasteiger partial charge on any atom is 0.355 e. The maximum atomic E-state index is 12.8. The third-order valence-electron chi connectivity index (χ3n) is 4.13. The summed E-state index contributed by atoms with van der Waals surface area (Å²) in [5.41, 5.74) is 2.79. The van der Waals surface area contributed by atoms with Crippen LogP contribution in [-0.4, -0.2) is 42.2 Å². The lowest BCUT2D eigenvalue weighted by molar-refractivity contribution is 0.0278. The molecule has 3 aromatic rings. The molecule has 0 saturated carbocycles. The highest BCUT2D eigenvalue weighted by Gasteiger charge is 2.19. The summed E-state index contributed by atoms with van der Waals surface area (Å²) in [6.07, 6.45) is -0.161. The molecule has 1 unspecified atom stereocenters. The first-order valence-corrected chi connectivity index (χ1v) is 8.52. The van der Waals surface area contributed by atoms with Crippen LogP contribution < -0.4 is 0 Å². The van der Waals surface area contributed by atoms with Crippen LogP contribution in [0.15, 0.2) is 60.7 Å². The number of carbonyl (C=O) groups is 1. The second kappa shape index (κ2) is 8.88. The number of rotatable bonds is 6. The van der Waals surface area contributed by atoms with Gasteiger partial charge in [0.2, 0.25) is 0 Å². The molecule has 3 rings (SSSR count). The number of benzene rings is 2. The van der Waals surface area contributed by atoms with E-state index in [0.717, 1.165) is 16.5 Å². The van der Waals surface area contributed by atoms with Crippen molar-refractivity contribution in [3.05, 3.63) is 71.9 Å². The molecule has 0 aliphatic heterocycles. The van der Waals surface area contributed by atoms with Gasteiger partial charge >= 0.3 is 5.97 Å². The van der Waals surface area contributed by atoms with Gasteiger partial charge in [0.1, 0.15) is 11.8 Å². The number of ether oxygens (including phenoxy) is 1. The fourth-order valence-corrected chi connectivity index (χ4v) is 3.11. The number of nitrogens with zero attached hydrogens (tertiary/aromatic N) is 2. The first kappa shape index (κ1) is 20.0. The Morgan fingerprint density at radius 2 is 1.73 bits per heavy atom. The van der Waals surface area contributed by atoms with E-state index in [1.165, 1.54) is 0 Å². The second-order valence-electron chi connectivity index (χ2n) is 6.64. The predicted octanol–water partition coefficient (Wildman–Crippen LogP) is 4.22. The van der Waals surface area contributed by atoms with E-state index in [1.807, 2.05) is 79.0 Å². The molecule has 0 fully saturated rings. The molecule has 0 aliphatic rings. The molecule has 138 valence electrons. The zero-order chi connectivity index (χ0) is 17.8. The van der Waals surface area contributed by atoms with E-state index in [4.69, 9.17) is 4.74 Å². The summed E-state index contributed by atoms with van der Waals surface area (Å²) in [6, 6.07) is 20.1. The van der Waals surface area contributed by atoms with Gasteiger partial charge in [-0.05, 0) is 38.7 Å². The number of likely N-dealkylation sites (N-methyl/N-ethyl adjacent to an activating group) is 1. The third-order valence-corrected chi connectivity index (χ3v) is 4.13. The van der Waals surface area contributed by atoms with E-state index >= 15 is 0 Å². The van der Waals surface area contributed by atoms with Crippen LogP contribution >= 0.6 is 12.4 Å². The van der Waals surface area contributed by atoms with Crippen LogP contribution in [0.1, 0.15) is 23.0 Å². The molecule has 2 aromatic carbocycles. The molecule has 0 N–H and O–H groups in total. The van der Waals surface area contributed by atoms with Gasteiger partial charge in [-0.2, -0.15) is 0 Å². The first-order chi connectivity index (χ1) is 12.0. The van der Waals surface area contributed by atoms with Crippen molar-refractivity contribution in [2.24, 2.45) is 0 Å². The zero-order valence-electron chi connectivity index (χ0n) is 15.4. The van der Waals surface area contributed by atoms with E-state index in [2.05, 4.69) is 12.1 Å². The van der Waals surface area contributed by atoms with Crippen LogP contribution in [0, 0.1) is 0 Å². The van der Waals surface area contributed by atoms with E-state index in [-0.39, 0.29) is 24.5 Å². The van der Waals surface area contributed by atoms with Crippen molar-refractivity contribution in [3.8, 4) is 0 Å².